The average Bonchev–Trinajstić information content (AvgIpc) is 3.34. The number of hydrogen-bond acceptors (Lipinski definition) is 5. The van der Waals surface area contributed by atoms with E-state index in [1.165, 1.54) is 0 Å². The molecule has 0 bridgehead atoms. The van der Waals surface area contributed by atoms with Gasteiger partial charge >= 0.3 is 0 Å². The van der Waals surface area contributed by atoms with Gasteiger partial charge in [0.05, 0.1) is 0 Å². The molecule has 0 saturated heterocycles. The van der Waals surface area contributed by atoms with Crippen molar-refractivity contribution in [1.29, 1.82) is 0 Å². The van der Waals surface area contributed by atoms with Gasteiger partial charge in [-0.25, -0.2) is 0 Å². The van der Waals surface area contributed by atoms with Gasteiger partial charge in [-0.15, -0.1) is 0 Å². The third-order valence-electron chi connectivity index (χ3n) is 4.52. The van der Waals surface area contributed by atoms with E-state index in [0.29, 0.717) is 29.5 Å². The minimum Gasteiger partial charge on any atom is -0.312 e. The Labute approximate surface area is 161 Å². The molecule has 0 fully saturated rings. The Hall–Kier alpha value is -3.06. The molecule has 0 spiro atoms. The quantitative estimate of drug-likeness (QED) is 0.750. The molecule has 1 aliphatic rings. The molecule has 3 aromatic rings. The van der Waals surface area contributed by atoms with Gasteiger partial charge < -0.3 is 4.90 Å². The molecule has 2 aromatic carbocycles. The molecule has 2 amide bonds. The Balaban J connectivity index is 1.50. The zero-order valence-corrected chi connectivity index (χ0v) is 15.6. The van der Waals surface area contributed by atoms with Gasteiger partial charge in [-0.1, -0.05) is 37.3 Å². The van der Waals surface area contributed by atoms with Crippen LogP contribution in [-0.4, -0.2) is 27.7 Å². The minimum atomic E-state index is -0.228. The summed E-state index contributed by atoms with van der Waals surface area (Å²) in [5.74, 6) is 0.473. The fraction of sp³-hybridized carbons (Fsp3) is 0.200. The number of aromatic nitrogens is 2. The first-order valence-corrected chi connectivity index (χ1v) is 9.57. The second-order valence-electron chi connectivity index (χ2n) is 6.24. The Bertz CT molecular complexity index is 1000. The van der Waals surface area contributed by atoms with E-state index < -0.39 is 0 Å². The molecule has 0 atom stereocenters. The van der Waals surface area contributed by atoms with Gasteiger partial charge in [0.1, 0.15) is 0 Å². The van der Waals surface area contributed by atoms with Crippen LogP contribution >= 0.6 is 11.5 Å². The van der Waals surface area contributed by atoms with Crippen LogP contribution < -0.4 is 10.2 Å². The molecule has 136 valence electrons. The molecule has 1 aromatic heterocycles. The van der Waals surface area contributed by atoms with Gasteiger partial charge in [0, 0.05) is 41.3 Å². The molecule has 6 nitrogen and oxygen atoms in total. The lowest BCUT2D eigenvalue weighted by atomic mass is 10.1. The van der Waals surface area contributed by atoms with E-state index in [1.807, 2.05) is 49.4 Å². The number of carbonyl (C=O) groups excluding carboxylic acids is 2. The molecule has 1 N–H and O–H groups in total. The van der Waals surface area contributed by atoms with Crippen molar-refractivity contribution in [3.63, 3.8) is 0 Å². The third kappa shape index (κ3) is 3.46. The van der Waals surface area contributed by atoms with E-state index in [-0.39, 0.29) is 11.8 Å². The lowest BCUT2D eigenvalue weighted by molar-refractivity contribution is -0.118. The van der Waals surface area contributed by atoms with Crippen molar-refractivity contribution in [2.24, 2.45) is 0 Å². The third-order valence-corrected chi connectivity index (χ3v) is 5.15. The Morgan fingerprint density at radius 3 is 2.78 bits per heavy atom. The zero-order valence-electron chi connectivity index (χ0n) is 14.8. The SMILES string of the molecule is CCC(=O)N1CCc2cc(C(=O)Nc3nc(-c4ccccc4)ns3)ccc21. The van der Waals surface area contributed by atoms with E-state index in [9.17, 15) is 9.59 Å². The summed E-state index contributed by atoms with van der Waals surface area (Å²) in [5.41, 5.74) is 3.39. The number of carbonyl (C=O) groups is 2. The van der Waals surface area contributed by atoms with E-state index in [1.54, 1.807) is 11.0 Å². The van der Waals surface area contributed by atoms with Crippen LogP contribution in [0.4, 0.5) is 10.8 Å². The molecule has 2 heterocycles. The van der Waals surface area contributed by atoms with Crippen molar-refractivity contribution in [3.8, 4) is 11.4 Å². The summed E-state index contributed by atoms with van der Waals surface area (Å²) in [6.07, 6.45) is 1.24. The fourth-order valence-corrected chi connectivity index (χ4v) is 3.73. The van der Waals surface area contributed by atoms with Crippen molar-refractivity contribution in [1.82, 2.24) is 9.36 Å². The zero-order chi connectivity index (χ0) is 18.8. The second-order valence-corrected chi connectivity index (χ2v) is 6.99. The van der Waals surface area contributed by atoms with Crippen LogP contribution in [0.2, 0.25) is 0 Å². The normalized spacial score (nSPS) is 12.7. The lowest BCUT2D eigenvalue weighted by Crippen LogP contribution is -2.27. The van der Waals surface area contributed by atoms with Crippen LogP contribution in [0.3, 0.4) is 0 Å². The molecule has 0 saturated carbocycles. The molecule has 1 aliphatic heterocycles. The van der Waals surface area contributed by atoms with Crippen molar-refractivity contribution >= 4 is 34.2 Å². The van der Waals surface area contributed by atoms with Crippen LogP contribution in [0.5, 0.6) is 0 Å². The summed E-state index contributed by atoms with van der Waals surface area (Å²) in [6.45, 7) is 2.53. The van der Waals surface area contributed by atoms with Crippen molar-refractivity contribution in [2.75, 3.05) is 16.8 Å². The molecule has 0 radical (unpaired) electrons. The van der Waals surface area contributed by atoms with Crippen LogP contribution in [0.1, 0.15) is 29.3 Å². The van der Waals surface area contributed by atoms with Crippen LogP contribution in [0.15, 0.2) is 48.5 Å². The Kier molecular flexibility index (Phi) is 4.68. The largest absolute Gasteiger partial charge is 0.312 e. The average molecular weight is 378 g/mol. The van der Waals surface area contributed by atoms with Gasteiger partial charge in [-0.3, -0.25) is 14.9 Å². The molecule has 27 heavy (non-hydrogen) atoms. The van der Waals surface area contributed by atoms with Crippen molar-refractivity contribution in [3.05, 3.63) is 59.7 Å². The van der Waals surface area contributed by atoms with Crippen LogP contribution in [0, 0.1) is 0 Å². The first-order chi connectivity index (χ1) is 13.2. The number of amides is 2. The van der Waals surface area contributed by atoms with Crippen molar-refractivity contribution < 1.29 is 9.59 Å². The number of nitrogens with zero attached hydrogens (tertiary/aromatic N) is 3. The van der Waals surface area contributed by atoms with Gasteiger partial charge in [-0.05, 0) is 30.2 Å². The number of fused-ring (bicyclic) bond motifs is 1. The number of benzene rings is 2. The topological polar surface area (TPSA) is 75.2 Å². The Morgan fingerprint density at radius 2 is 2.00 bits per heavy atom. The highest BCUT2D eigenvalue weighted by atomic mass is 32.1. The highest BCUT2D eigenvalue weighted by molar-refractivity contribution is 7.10. The van der Waals surface area contributed by atoms with Gasteiger partial charge in [-0.2, -0.15) is 9.36 Å². The monoisotopic (exact) mass is 378 g/mol. The summed E-state index contributed by atoms with van der Waals surface area (Å²) in [5, 5.41) is 3.27. The lowest BCUT2D eigenvalue weighted by Gasteiger charge is -2.16. The van der Waals surface area contributed by atoms with Gasteiger partial charge in [0.25, 0.3) is 5.91 Å². The maximum atomic E-state index is 12.6. The van der Waals surface area contributed by atoms with Gasteiger partial charge in [0.2, 0.25) is 11.0 Å². The predicted octanol–water partition coefficient (Wildman–Crippen LogP) is 3.76. The molecule has 4 rings (SSSR count). The molecular formula is C20H18N4O2S. The standard InChI is InChI=1S/C20H18N4O2S/c1-2-17(25)24-11-10-14-12-15(8-9-16(14)24)19(26)22-20-21-18(23-27-20)13-6-4-3-5-7-13/h3-9,12H,2,10-11H2,1H3,(H,21,22,23,26). The number of nitrogens with one attached hydrogen (secondary N) is 1. The maximum Gasteiger partial charge on any atom is 0.257 e. The highest BCUT2D eigenvalue weighted by Gasteiger charge is 2.24. The Morgan fingerprint density at radius 1 is 1.19 bits per heavy atom. The molecule has 0 unspecified atom stereocenters. The minimum absolute atomic E-state index is 0.105. The summed E-state index contributed by atoms with van der Waals surface area (Å²) in [4.78, 5) is 30.7. The number of rotatable bonds is 4. The maximum absolute atomic E-state index is 12.6. The number of hydrogen-bond donors (Lipinski definition) is 1. The van der Waals surface area contributed by atoms with E-state index in [2.05, 4.69) is 14.7 Å². The fourth-order valence-electron chi connectivity index (χ4n) is 3.14. The van der Waals surface area contributed by atoms with E-state index in [4.69, 9.17) is 0 Å². The first kappa shape index (κ1) is 17.4. The number of anilines is 2. The van der Waals surface area contributed by atoms with Crippen molar-refractivity contribution in [2.45, 2.75) is 19.8 Å². The second kappa shape index (κ2) is 7.28. The van der Waals surface area contributed by atoms with E-state index in [0.717, 1.165) is 34.8 Å². The highest BCUT2D eigenvalue weighted by Crippen LogP contribution is 2.30. The van der Waals surface area contributed by atoms with Crippen LogP contribution in [-0.2, 0) is 11.2 Å². The summed E-state index contributed by atoms with van der Waals surface area (Å²) in [6, 6.07) is 15.1. The summed E-state index contributed by atoms with van der Waals surface area (Å²) >= 11 is 1.15. The van der Waals surface area contributed by atoms with E-state index >= 15 is 0 Å². The predicted molar refractivity (Wildman–Crippen MR) is 106 cm³/mol. The molecule has 7 heteroatoms. The smallest absolute Gasteiger partial charge is 0.257 e. The summed E-state index contributed by atoms with van der Waals surface area (Å²) in [7, 11) is 0. The first-order valence-electron chi connectivity index (χ1n) is 8.79. The van der Waals surface area contributed by atoms with Crippen LogP contribution in [0.25, 0.3) is 11.4 Å². The molecular weight excluding hydrogens is 360 g/mol. The van der Waals surface area contributed by atoms with Gasteiger partial charge in [0.15, 0.2) is 5.82 Å². The molecule has 0 aliphatic carbocycles. The summed E-state index contributed by atoms with van der Waals surface area (Å²) < 4.78 is 4.30.